The van der Waals surface area contributed by atoms with Crippen molar-refractivity contribution in [1.29, 1.82) is 0 Å². The van der Waals surface area contributed by atoms with Crippen molar-refractivity contribution >= 4 is 7.37 Å². The molecule has 0 aliphatic carbocycles. The van der Waals surface area contributed by atoms with Crippen molar-refractivity contribution in [2.45, 2.75) is 20.8 Å². The van der Waals surface area contributed by atoms with Crippen LogP contribution in [0.15, 0.2) is 11.6 Å². The maximum atomic E-state index is 11.9. The Bertz CT molecular complexity index is 231. The molecule has 0 aromatic carbocycles. The molecule has 1 atom stereocenters. The van der Waals surface area contributed by atoms with Gasteiger partial charge in [0.15, 0.2) is 0 Å². The van der Waals surface area contributed by atoms with Crippen molar-refractivity contribution < 1.29 is 9.09 Å². The van der Waals surface area contributed by atoms with E-state index in [2.05, 4.69) is 13.8 Å². The van der Waals surface area contributed by atoms with Gasteiger partial charge in [0, 0.05) is 12.3 Å². The predicted octanol–water partition coefficient (Wildman–Crippen LogP) is 2.90. The van der Waals surface area contributed by atoms with Crippen LogP contribution in [0.1, 0.15) is 20.8 Å². The fraction of sp³-hybridized carbons (Fsp3) is 0.778. The van der Waals surface area contributed by atoms with Crippen molar-refractivity contribution in [2.75, 3.05) is 18.9 Å². The number of rotatable bonds is 3. The summed E-state index contributed by atoms with van der Waals surface area (Å²) in [7, 11) is -2.27. The maximum Gasteiger partial charge on any atom is 0.210 e. The van der Waals surface area contributed by atoms with Crippen LogP contribution in [0.4, 0.5) is 0 Å². The van der Waals surface area contributed by atoms with Crippen LogP contribution < -0.4 is 0 Å². The van der Waals surface area contributed by atoms with Crippen LogP contribution in [-0.2, 0) is 9.09 Å². The standard InChI is InChI=1S/C9H17O2P/c1-8(2)6-11-12(10)5-4-9(3)7-12/h4,8H,5-7H2,1-3H3. The molecular weight excluding hydrogens is 171 g/mol. The Hall–Kier alpha value is -0.0700. The zero-order chi connectivity index (χ0) is 9.19. The molecule has 0 bridgehead atoms. The molecule has 3 heteroatoms. The van der Waals surface area contributed by atoms with Crippen LogP contribution in [0, 0.1) is 5.92 Å². The Morgan fingerprint density at radius 3 is 2.75 bits per heavy atom. The summed E-state index contributed by atoms with van der Waals surface area (Å²) in [4.78, 5) is 0. The molecule has 0 spiro atoms. The van der Waals surface area contributed by atoms with Gasteiger partial charge in [-0.2, -0.15) is 0 Å². The zero-order valence-electron chi connectivity index (χ0n) is 8.04. The Morgan fingerprint density at radius 1 is 1.67 bits per heavy atom. The largest absolute Gasteiger partial charge is 0.328 e. The lowest BCUT2D eigenvalue weighted by atomic mass is 10.2. The first-order valence-corrected chi connectivity index (χ1v) is 6.39. The number of allylic oxidation sites excluding steroid dienone is 2. The molecule has 0 aromatic rings. The summed E-state index contributed by atoms with van der Waals surface area (Å²) in [5.41, 5.74) is 1.21. The van der Waals surface area contributed by atoms with Crippen molar-refractivity contribution in [3.8, 4) is 0 Å². The normalized spacial score (nSPS) is 29.5. The molecule has 0 N–H and O–H groups in total. The highest BCUT2D eigenvalue weighted by Gasteiger charge is 2.27. The smallest absolute Gasteiger partial charge is 0.210 e. The quantitative estimate of drug-likeness (QED) is 0.502. The minimum atomic E-state index is -2.27. The van der Waals surface area contributed by atoms with Gasteiger partial charge in [-0.3, -0.25) is 4.57 Å². The average Bonchev–Trinajstić information content (AvgIpc) is 2.29. The van der Waals surface area contributed by atoms with E-state index in [9.17, 15) is 4.57 Å². The third-order valence-electron chi connectivity index (χ3n) is 1.85. The second kappa shape index (κ2) is 3.76. The highest BCUT2D eigenvalue weighted by atomic mass is 31.2. The molecule has 0 saturated heterocycles. The molecule has 0 aromatic heterocycles. The van der Waals surface area contributed by atoms with Crippen molar-refractivity contribution in [3.63, 3.8) is 0 Å². The number of hydrogen-bond donors (Lipinski definition) is 0. The predicted molar refractivity (Wildman–Crippen MR) is 51.9 cm³/mol. The minimum absolute atomic E-state index is 0.469. The van der Waals surface area contributed by atoms with Gasteiger partial charge < -0.3 is 4.52 Å². The number of hydrogen-bond acceptors (Lipinski definition) is 2. The molecule has 1 unspecified atom stereocenters. The second-order valence-electron chi connectivity index (χ2n) is 3.90. The lowest BCUT2D eigenvalue weighted by molar-refractivity contribution is 0.273. The first kappa shape index (κ1) is 10.0. The summed E-state index contributed by atoms with van der Waals surface area (Å²) in [5.74, 6) is 0.469. The van der Waals surface area contributed by atoms with E-state index in [0.29, 0.717) is 24.8 Å². The summed E-state index contributed by atoms with van der Waals surface area (Å²) in [6, 6.07) is 0. The molecule has 0 radical (unpaired) electrons. The first-order valence-electron chi connectivity index (χ1n) is 4.40. The average molecular weight is 188 g/mol. The summed E-state index contributed by atoms with van der Waals surface area (Å²) in [6.07, 6.45) is 3.34. The molecule has 1 aliphatic heterocycles. The Morgan fingerprint density at radius 2 is 2.33 bits per heavy atom. The van der Waals surface area contributed by atoms with E-state index in [1.807, 2.05) is 13.0 Å². The highest BCUT2D eigenvalue weighted by molar-refractivity contribution is 7.59. The van der Waals surface area contributed by atoms with Crippen LogP contribution in [-0.4, -0.2) is 18.9 Å². The zero-order valence-corrected chi connectivity index (χ0v) is 8.93. The molecule has 1 heterocycles. The van der Waals surface area contributed by atoms with Crippen LogP contribution in [0.25, 0.3) is 0 Å². The van der Waals surface area contributed by atoms with Gasteiger partial charge in [-0.25, -0.2) is 0 Å². The monoisotopic (exact) mass is 188 g/mol. The van der Waals surface area contributed by atoms with E-state index < -0.39 is 7.37 Å². The van der Waals surface area contributed by atoms with Gasteiger partial charge in [0.2, 0.25) is 7.37 Å². The highest BCUT2D eigenvalue weighted by Crippen LogP contribution is 2.52. The SMILES string of the molecule is CC1=CCP(=O)(OCC(C)C)C1. The van der Waals surface area contributed by atoms with Gasteiger partial charge in [0.1, 0.15) is 0 Å². The van der Waals surface area contributed by atoms with Crippen LogP contribution in [0.5, 0.6) is 0 Å². The van der Waals surface area contributed by atoms with E-state index >= 15 is 0 Å². The van der Waals surface area contributed by atoms with Gasteiger partial charge >= 0.3 is 0 Å². The lowest BCUT2D eigenvalue weighted by Crippen LogP contribution is -2.01. The van der Waals surface area contributed by atoms with Crippen LogP contribution >= 0.6 is 7.37 Å². The summed E-state index contributed by atoms with van der Waals surface area (Å²) >= 11 is 0. The van der Waals surface area contributed by atoms with E-state index in [4.69, 9.17) is 4.52 Å². The molecule has 0 amide bonds. The molecule has 2 nitrogen and oxygen atoms in total. The Labute approximate surface area is 74.5 Å². The first-order chi connectivity index (χ1) is 5.52. The van der Waals surface area contributed by atoms with E-state index in [0.717, 1.165) is 0 Å². The van der Waals surface area contributed by atoms with Crippen molar-refractivity contribution in [3.05, 3.63) is 11.6 Å². The molecule has 70 valence electrons. The van der Waals surface area contributed by atoms with Gasteiger partial charge in [-0.05, 0) is 12.8 Å². The van der Waals surface area contributed by atoms with Crippen LogP contribution in [0.2, 0.25) is 0 Å². The summed E-state index contributed by atoms with van der Waals surface area (Å²) in [6.45, 7) is 6.78. The van der Waals surface area contributed by atoms with Gasteiger partial charge in [-0.1, -0.05) is 25.5 Å². The molecule has 1 rings (SSSR count). The summed E-state index contributed by atoms with van der Waals surface area (Å²) in [5, 5.41) is 0. The second-order valence-corrected chi connectivity index (χ2v) is 6.46. The van der Waals surface area contributed by atoms with Gasteiger partial charge in [0.25, 0.3) is 0 Å². The molecule has 12 heavy (non-hydrogen) atoms. The van der Waals surface area contributed by atoms with Crippen molar-refractivity contribution in [2.24, 2.45) is 5.92 Å². The fourth-order valence-electron chi connectivity index (χ4n) is 1.19. The molecular formula is C9H17O2P. The Kier molecular flexibility index (Phi) is 3.14. The molecule has 0 fully saturated rings. The fourth-order valence-corrected chi connectivity index (χ4v) is 3.56. The van der Waals surface area contributed by atoms with Gasteiger partial charge in [-0.15, -0.1) is 0 Å². The van der Waals surface area contributed by atoms with E-state index in [1.54, 1.807) is 0 Å². The third kappa shape index (κ3) is 2.76. The Balaban J connectivity index is 2.38. The van der Waals surface area contributed by atoms with E-state index in [1.165, 1.54) is 5.57 Å². The van der Waals surface area contributed by atoms with Crippen LogP contribution in [0.3, 0.4) is 0 Å². The molecule has 0 saturated carbocycles. The summed E-state index contributed by atoms with van der Waals surface area (Å²) < 4.78 is 17.3. The minimum Gasteiger partial charge on any atom is -0.328 e. The molecule has 1 aliphatic rings. The third-order valence-corrected chi connectivity index (χ3v) is 4.19. The topological polar surface area (TPSA) is 26.3 Å². The van der Waals surface area contributed by atoms with E-state index in [-0.39, 0.29) is 0 Å². The maximum absolute atomic E-state index is 11.9. The lowest BCUT2D eigenvalue weighted by Gasteiger charge is -2.14. The van der Waals surface area contributed by atoms with Crippen molar-refractivity contribution in [1.82, 2.24) is 0 Å². The van der Waals surface area contributed by atoms with Gasteiger partial charge in [0.05, 0.1) is 6.61 Å².